The van der Waals surface area contributed by atoms with Gasteiger partial charge in [-0.25, -0.2) is 0 Å². The molecule has 3 rings (SSSR count). The lowest BCUT2D eigenvalue weighted by Gasteiger charge is -2.08. The Kier molecular flexibility index (Phi) is 5.05. The van der Waals surface area contributed by atoms with Crippen molar-refractivity contribution in [3.8, 4) is 11.5 Å². The number of nitrogens with zero attached hydrogens (tertiary/aromatic N) is 3. The van der Waals surface area contributed by atoms with E-state index in [4.69, 9.17) is 9.47 Å². The van der Waals surface area contributed by atoms with Gasteiger partial charge in [0.05, 0.1) is 29.4 Å². The largest absolute Gasteiger partial charge is 0.493 e. The van der Waals surface area contributed by atoms with Gasteiger partial charge in [-0.15, -0.1) is 0 Å². The zero-order valence-electron chi connectivity index (χ0n) is 14.2. The van der Waals surface area contributed by atoms with Crippen LogP contribution in [0.15, 0.2) is 29.3 Å². The number of nitro groups is 1. The number of thiophene rings is 1. The van der Waals surface area contributed by atoms with Gasteiger partial charge in [0.15, 0.2) is 16.3 Å². The van der Waals surface area contributed by atoms with Gasteiger partial charge in [0.1, 0.15) is 4.88 Å². The SMILES string of the molecule is CCn1c(=NC(=O)c2ccc([N+](=O)[O-])s2)sc2cc(OC)c(OC)cc21. The molecular weight excluding hydrogens is 378 g/mol. The Hall–Kier alpha value is -2.72. The summed E-state index contributed by atoms with van der Waals surface area (Å²) in [5, 5.41) is 10.7. The molecular formula is C16H15N3O5S2. The molecule has 2 heterocycles. The van der Waals surface area contributed by atoms with E-state index in [-0.39, 0.29) is 9.88 Å². The fraction of sp³-hybridized carbons (Fsp3) is 0.250. The highest BCUT2D eigenvalue weighted by molar-refractivity contribution is 7.17. The number of benzene rings is 1. The Bertz CT molecular complexity index is 1060. The van der Waals surface area contributed by atoms with Gasteiger partial charge in [-0.05, 0) is 13.0 Å². The van der Waals surface area contributed by atoms with E-state index in [0.717, 1.165) is 21.6 Å². The number of amides is 1. The van der Waals surface area contributed by atoms with Crippen LogP contribution in [0, 0.1) is 10.1 Å². The molecule has 0 spiro atoms. The number of methoxy groups -OCH3 is 2. The van der Waals surface area contributed by atoms with Crippen molar-refractivity contribution in [1.82, 2.24) is 4.57 Å². The quantitative estimate of drug-likeness (QED) is 0.489. The molecule has 0 aliphatic carbocycles. The number of ether oxygens (including phenoxy) is 2. The third-order valence-corrected chi connectivity index (χ3v) is 5.75. The number of rotatable bonds is 5. The minimum atomic E-state index is -0.522. The molecule has 0 unspecified atom stereocenters. The lowest BCUT2D eigenvalue weighted by molar-refractivity contribution is -0.380. The van der Waals surface area contributed by atoms with E-state index in [1.807, 2.05) is 23.6 Å². The topological polar surface area (TPSA) is 96.0 Å². The van der Waals surface area contributed by atoms with Crippen LogP contribution < -0.4 is 14.3 Å². The van der Waals surface area contributed by atoms with Gasteiger partial charge in [-0.1, -0.05) is 22.7 Å². The van der Waals surface area contributed by atoms with Crippen molar-refractivity contribution in [3.05, 3.63) is 44.1 Å². The molecule has 0 bridgehead atoms. The second-order valence-electron chi connectivity index (χ2n) is 5.12. The van der Waals surface area contributed by atoms with Crippen molar-refractivity contribution in [1.29, 1.82) is 0 Å². The normalized spacial score (nSPS) is 11.7. The van der Waals surface area contributed by atoms with Gasteiger partial charge in [-0.3, -0.25) is 14.9 Å². The Morgan fingerprint density at radius 3 is 2.50 bits per heavy atom. The average molecular weight is 393 g/mol. The Morgan fingerprint density at radius 1 is 1.23 bits per heavy atom. The smallest absolute Gasteiger partial charge is 0.324 e. The number of thiazole rings is 1. The summed E-state index contributed by atoms with van der Waals surface area (Å²) in [7, 11) is 3.12. The first-order valence-corrected chi connectivity index (χ1v) is 9.20. The first kappa shape index (κ1) is 18.1. The molecule has 0 saturated carbocycles. The summed E-state index contributed by atoms with van der Waals surface area (Å²) >= 11 is 2.16. The van der Waals surface area contributed by atoms with Crippen LogP contribution in [0.4, 0.5) is 5.00 Å². The number of hydrogen-bond acceptors (Lipinski definition) is 7. The summed E-state index contributed by atoms with van der Waals surface area (Å²) in [4.78, 5) is 27.6. The highest BCUT2D eigenvalue weighted by Gasteiger charge is 2.16. The fourth-order valence-electron chi connectivity index (χ4n) is 2.47. The van der Waals surface area contributed by atoms with Crippen LogP contribution in [0.5, 0.6) is 11.5 Å². The maximum Gasteiger partial charge on any atom is 0.324 e. The first-order valence-electron chi connectivity index (χ1n) is 7.57. The molecule has 0 aliphatic rings. The average Bonchev–Trinajstić information content (AvgIpc) is 3.24. The molecule has 1 aromatic carbocycles. The van der Waals surface area contributed by atoms with Crippen LogP contribution >= 0.6 is 22.7 Å². The number of aromatic nitrogens is 1. The third kappa shape index (κ3) is 3.20. The van der Waals surface area contributed by atoms with Crippen LogP contribution in [0.3, 0.4) is 0 Å². The predicted molar refractivity (Wildman–Crippen MR) is 99.5 cm³/mol. The summed E-state index contributed by atoms with van der Waals surface area (Å²) in [5.74, 6) is 0.679. The van der Waals surface area contributed by atoms with Gasteiger partial charge in [0.25, 0.3) is 5.91 Å². The molecule has 2 aromatic heterocycles. The lowest BCUT2D eigenvalue weighted by atomic mass is 10.3. The zero-order chi connectivity index (χ0) is 18.8. The van der Waals surface area contributed by atoms with E-state index in [9.17, 15) is 14.9 Å². The van der Waals surface area contributed by atoms with Crippen molar-refractivity contribution in [2.24, 2.45) is 4.99 Å². The van der Waals surface area contributed by atoms with Crippen molar-refractivity contribution in [2.45, 2.75) is 13.5 Å². The van der Waals surface area contributed by atoms with E-state index in [1.54, 1.807) is 14.2 Å². The predicted octanol–water partition coefficient (Wildman–Crippen LogP) is 3.45. The van der Waals surface area contributed by atoms with Crippen LogP contribution in [-0.4, -0.2) is 29.6 Å². The van der Waals surface area contributed by atoms with Crippen molar-refractivity contribution in [2.75, 3.05) is 14.2 Å². The molecule has 0 radical (unpaired) electrons. The molecule has 26 heavy (non-hydrogen) atoms. The number of hydrogen-bond donors (Lipinski definition) is 0. The van der Waals surface area contributed by atoms with Crippen molar-refractivity contribution < 1.29 is 19.2 Å². The Labute approximate surface area is 156 Å². The van der Waals surface area contributed by atoms with Crippen LogP contribution in [-0.2, 0) is 6.54 Å². The summed E-state index contributed by atoms with van der Waals surface area (Å²) in [6.07, 6.45) is 0. The summed E-state index contributed by atoms with van der Waals surface area (Å²) in [6, 6.07) is 6.41. The lowest BCUT2D eigenvalue weighted by Crippen LogP contribution is -2.15. The molecule has 0 aliphatic heterocycles. The van der Waals surface area contributed by atoms with Gasteiger partial charge in [0, 0.05) is 24.7 Å². The molecule has 0 saturated heterocycles. The van der Waals surface area contributed by atoms with Gasteiger partial charge in [0.2, 0.25) is 0 Å². The summed E-state index contributed by atoms with van der Waals surface area (Å²) in [6.45, 7) is 2.55. The Balaban J connectivity index is 2.12. The highest BCUT2D eigenvalue weighted by Crippen LogP contribution is 2.33. The molecule has 1 amide bonds. The monoisotopic (exact) mass is 393 g/mol. The molecule has 136 valence electrons. The highest BCUT2D eigenvalue weighted by atomic mass is 32.1. The molecule has 10 heteroatoms. The molecule has 0 fully saturated rings. The minimum Gasteiger partial charge on any atom is -0.493 e. The number of aryl methyl sites for hydroxylation is 1. The van der Waals surface area contributed by atoms with Crippen LogP contribution in [0.1, 0.15) is 16.6 Å². The zero-order valence-corrected chi connectivity index (χ0v) is 15.8. The maximum atomic E-state index is 12.4. The number of carbonyl (C=O) groups is 1. The van der Waals surface area contributed by atoms with E-state index in [2.05, 4.69) is 4.99 Å². The molecule has 0 N–H and O–H groups in total. The summed E-state index contributed by atoms with van der Waals surface area (Å²) in [5.41, 5.74) is 0.874. The van der Waals surface area contributed by atoms with Crippen LogP contribution in [0.2, 0.25) is 0 Å². The second kappa shape index (κ2) is 7.26. The van der Waals surface area contributed by atoms with Gasteiger partial charge >= 0.3 is 5.00 Å². The minimum absolute atomic E-state index is 0.0854. The fourth-order valence-corrected chi connectivity index (χ4v) is 4.28. The number of carbonyl (C=O) groups excluding carboxylic acids is 1. The Morgan fingerprint density at radius 2 is 1.92 bits per heavy atom. The third-order valence-electron chi connectivity index (χ3n) is 3.68. The molecule has 8 nitrogen and oxygen atoms in total. The van der Waals surface area contributed by atoms with Gasteiger partial charge in [-0.2, -0.15) is 4.99 Å². The van der Waals surface area contributed by atoms with E-state index in [0.29, 0.717) is 22.8 Å². The first-order chi connectivity index (χ1) is 12.5. The van der Waals surface area contributed by atoms with Crippen LogP contribution in [0.25, 0.3) is 10.2 Å². The van der Waals surface area contributed by atoms with E-state index < -0.39 is 10.8 Å². The second-order valence-corrected chi connectivity index (χ2v) is 7.19. The molecule has 3 aromatic rings. The number of fused-ring (bicyclic) bond motifs is 1. The van der Waals surface area contributed by atoms with Crippen molar-refractivity contribution in [3.63, 3.8) is 0 Å². The van der Waals surface area contributed by atoms with Gasteiger partial charge < -0.3 is 14.0 Å². The van der Waals surface area contributed by atoms with Crippen molar-refractivity contribution >= 4 is 43.8 Å². The van der Waals surface area contributed by atoms with E-state index >= 15 is 0 Å². The molecule has 0 atom stereocenters. The standard InChI is InChI=1S/C16H15N3O5S2/c1-4-18-9-7-10(23-2)11(24-3)8-13(9)26-16(18)17-15(20)12-5-6-14(25-12)19(21)22/h5-8H,4H2,1-3H3. The maximum absolute atomic E-state index is 12.4. The summed E-state index contributed by atoms with van der Waals surface area (Å²) < 4.78 is 13.4. The van der Waals surface area contributed by atoms with E-state index in [1.165, 1.54) is 23.5 Å².